The third kappa shape index (κ3) is 3.82. The Bertz CT molecular complexity index is 638. The first-order valence-corrected chi connectivity index (χ1v) is 6.64. The zero-order chi connectivity index (χ0) is 15.4. The first-order chi connectivity index (χ1) is 9.99. The summed E-state index contributed by atoms with van der Waals surface area (Å²) in [6.45, 7) is 4.13. The van der Waals surface area contributed by atoms with Gasteiger partial charge in [-0.3, -0.25) is 4.79 Å². The van der Waals surface area contributed by atoms with Crippen molar-refractivity contribution in [2.24, 2.45) is 5.73 Å². The lowest BCUT2D eigenvalue weighted by molar-refractivity contribution is 0.102. The molecule has 1 amide bonds. The topological polar surface area (TPSA) is 80.3 Å². The number of rotatable bonds is 5. The van der Waals surface area contributed by atoms with Gasteiger partial charge in [0.1, 0.15) is 17.8 Å². The van der Waals surface area contributed by atoms with Crippen LogP contribution in [0.4, 0.5) is 15.8 Å². The largest absolute Gasteiger partial charge is 0.467 e. The number of nitrogens with one attached hydrogen (secondary N) is 2. The highest BCUT2D eigenvalue weighted by atomic mass is 19.1. The highest BCUT2D eigenvalue weighted by molar-refractivity contribution is 6.05. The number of halogens is 1. The van der Waals surface area contributed by atoms with Crippen LogP contribution in [0.5, 0.6) is 0 Å². The molecule has 21 heavy (non-hydrogen) atoms. The molecular formula is C15H18FN3O2. The molecule has 6 heteroatoms. The van der Waals surface area contributed by atoms with E-state index in [0.29, 0.717) is 22.7 Å². The van der Waals surface area contributed by atoms with Gasteiger partial charge < -0.3 is 20.8 Å². The number of hydrogen-bond donors (Lipinski definition) is 3. The average molecular weight is 291 g/mol. The first kappa shape index (κ1) is 15.1. The fourth-order valence-corrected chi connectivity index (χ4v) is 1.86. The van der Waals surface area contributed by atoms with Crippen LogP contribution in [0.25, 0.3) is 0 Å². The van der Waals surface area contributed by atoms with Gasteiger partial charge in [-0.25, -0.2) is 4.39 Å². The molecule has 4 N–H and O–H groups in total. The molecule has 1 aromatic carbocycles. The number of anilines is 2. The molecular weight excluding hydrogens is 273 g/mol. The molecule has 0 aliphatic carbocycles. The number of nitrogens with two attached hydrogens (primary N) is 1. The first-order valence-electron chi connectivity index (χ1n) is 6.64. The molecule has 2 aromatic rings. The molecule has 5 nitrogen and oxygen atoms in total. The molecule has 0 bridgehead atoms. The summed E-state index contributed by atoms with van der Waals surface area (Å²) in [5.41, 5.74) is 6.81. The second-order valence-corrected chi connectivity index (χ2v) is 4.95. The van der Waals surface area contributed by atoms with E-state index >= 15 is 0 Å². The van der Waals surface area contributed by atoms with Crippen LogP contribution in [0.3, 0.4) is 0 Å². The lowest BCUT2D eigenvalue weighted by atomic mass is 10.2. The molecule has 0 fully saturated rings. The average Bonchev–Trinajstić information content (AvgIpc) is 2.90. The normalized spacial score (nSPS) is 10.7. The van der Waals surface area contributed by atoms with Crippen LogP contribution in [0.15, 0.2) is 34.9 Å². The molecule has 0 atom stereocenters. The molecule has 0 aliphatic heterocycles. The quantitative estimate of drug-likeness (QED) is 0.791. The Kier molecular flexibility index (Phi) is 4.59. The zero-order valence-electron chi connectivity index (χ0n) is 11.9. The maximum atomic E-state index is 13.4. The van der Waals surface area contributed by atoms with E-state index in [0.717, 1.165) is 0 Å². The smallest absolute Gasteiger partial charge is 0.258 e. The van der Waals surface area contributed by atoms with Gasteiger partial charge in [0.05, 0.1) is 23.5 Å². The van der Waals surface area contributed by atoms with Gasteiger partial charge in [0.25, 0.3) is 5.91 Å². The molecule has 2 rings (SSSR count). The van der Waals surface area contributed by atoms with Crippen LogP contribution >= 0.6 is 0 Å². The summed E-state index contributed by atoms with van der Waals surface area (Å²) in [4.78, 5) is 12.1. The van der Waals surface area contributed by atoms with Gasteiger partial charge in [-0.2, -0.15) is 0 Å². The predicted molar refractivity (Wildman–Crippen MR) is 79.7 cm³/mol. The lowest BCUT2D eigenvalue weighted by Crippen LogP contribution is -2.16. The molecule has 0 saturated heterocycles. The number of carbonyl (C=O) groups excluding carboxylic acids is 1. The monoisotopic (exact) mass is 291 g/mol. The molecule has 0 aliphatic rings. The van der Waals surface area contributed by atoms with Crippen molar-refractivity contribution < 1.29 is 13.6 Å². The van der Waals surface area contributed by atoms with Gasteiger partial charge >= 0.3 is 0 Å². The Hall–Kier alpha value is -2.34. The van der Waals surface area contributed by atoms with Crippen LogP contribution in [0.2, 0.25) is 0 Å². The second kappa shape index (κ2) is 6.41. The minimum absolute atomic E-state index is 0.156. The van der Waals surface area contributed by atoms with Crippen molar-refractivity contribution in [3.8, 4) is 0 Å². The van der Waals surface area contributed by atoms with Gasteiger partial charge in [-0.05, 0) is 38.1 Å². The van der Waals surface area contributed by atoms with Crippen molar-refractivity contribution in [3.63, 3.8) is 0 Å². The number of amides is 1. The Morgan fingerprint density at radius 2 is 2.10 bits per heavy atom. The van der Waals surface area contributed by atoms with E-state index in [9.17, 15) is 9.18 Å². The van der Waals surface area contributed by atoms with E-state index in [1.165, 1.54) is 18.4 Å². The highest BCUT2D eigenvalue weighted by Crippen LogP contribution is 2.24. The Morgan fingerprint density at radius 1 is 1.33 bits per heavy atom. The third-order valence-electron chi connectivity index (χ3n) is 2.79. The summed E-state index contributed by atoms with van der Waals surface area (Å²) in [6, 6.07) is 5.91. The van der Waals surface area contributed by atoms with Gasteiger partial charge in [0.2, 0.25) is 0 Å². The SMILES string of the molecule is CC(C)Nc1ccc(F)cc1NC(=O)c1coc(CN)c1. The molecule has 112 valence electrons. The summed E-state index contributed by atoms with van der Waals surface area (Å²) >= 11 is 0. The fraction of sp³-hybridized carbons (Fsp3) is 0.267. The van der Waals surface area contributed by atoms with Crippen molar-refractivity contribution in [2.45, 2.75) is 26.4 Å². The van der Waals surface area contributed by atoms with E-state index in [2.05, 4.69) is 10.6 Å². The van der Waals surface area contributed by atoms with Crippen LogP contribution < -0.4 is 16.4 Å². The number of furan rings is 1. The van der Waals surface area contributed by atoms with Gasteiger partial charge in [0, 0.05) is 6.04 Å². The minimum atomic E-state index is -0.422. The number of carbonyl (C=O) groups is 1. The Balaban J connectivity index is 2.21. The second-order valence-electron chi connectivity index (χ2n) is 4.95. The summed E-state index contributed by atoms with van der Waals surface area (Å²) in [5.74, 6) is -0.287. The number of hydrogen-bond acceptors (Lipinski definition) is 4. The summed E-state index contributed by atoms with van der Waals surface area (Å²) in [6.07, 6.45) is 1.33. The number of benzene rings is 1. The van der Waals surface area contributed by atoms with E-state index in [1.807, 2.05) is 13.8 Å². The molecule has 0 radical (unpaired) electrons. The molecule has 1 aromatic heterocycles. The zero-order valence-corrected chi connectivity index (χ0v) is 11.9. The van der Waals surface area contributed by atoms with Gasteiger partial charge in [-0.1, -0.05) is 0 Å². The van der Waals surface area contributed by atoms with E-state index < -0.39 is 5.82 Å². The standard InChI is InChI=1S/C15H18FN3O2/c1-9(2)18-13-4-3-11(16)6-14(13)19-15(20)10-5-12(7-17)21-8-10/h3-6,8-9,18H,7,17H2,1-2H3,(H,19,20). The van der Waals surface area contributed by atoms with Gasteiger partial charge in [-0.15, -0.1) is 0 Å². The van der Waals surface area contributed by atoms with Crippen molar-refractivity contribution in [1.82, 2.24) is 0 Å². The van der Waals surface area contributed by atoms with Crippen LogP contribution in [0, 0.1) is 5.82 Å². The summed E-state index contributed by atoms with van der Waals surface area (Å²) in [7, 11) is 0. The molecule has 0 spiro atoms. The van der Waals surface area contributed by atoms with Crippen molar-refractivity contribution in [2.75, 3.05) is 10.6 Å². The molecule has 0 saturated carbocycles. The molecule has 0 unspecified atom stereocenters. The lowest BCUT2D eigenvalue weighted by Gasteiger charge is -2.15. The van der Waals surface area contributed by atoms with Crippen molar-refractivity contribution in [1.29, 1.82) is 0 Å². The fourth-order valence-electron chi connectivity index (χ4n) is 1.86. The predicted octanol–water partition coefficient (Wildman–Crippen LogP) is 2.95. The highest BCUT2D eigenvalue weighted by Gasteiger charge is 2.13. The van der Waals surface area contributed by atoms with Crippen LogP contribution in [-0.2, 0) is 6.54 Å². The third-order valence-corrected chi connectivity index (χ3v) is 2.79. The van der Waals surface area contributed by atoms with Gasteiger partial charge in [0.15, 0.2) is 0 Å². The van der Waals surface area contributed by atoms with Crippen molar-refractivity contribution >= 4 is 17.3 Å². The van der Waals surface area contributed by atoms with E-state index in [4.69, 9.17) is 10.2 Å². The Labute approximate surface area is 122 Å². The Morgan fingerprint density at radius 3 is 2.71 bits per heavy atom. The maximum absolute atomic E-state index is 13.4. The minimum Gasteiger partial charge on any atom is -0.467 e. The summed E-state index contributed by atoms with van der Waals surface area (Å²) in [5, 5.41) is 5.82. The molecule has 1 heterocycles. The van der Waals surface area contributed by atoms with E-state index in [-0.39, 0.29) is 18.5 Å². The van der Waals surface area contributed by atoms with Crippen LogP contribution in [0.1, 0.15) is 30.0 Å². The van der Waals surface area contributed by atoms with Crippen molar-refractivity contribution in [3.05, 3.63) is 47.7 Å². The maximum Gasteiger partial charge on any atom is 0.258 e. The van der Waals surface area contributed by atoms with Crippen LogP contribution in [-0.4, -0.2) is 11.9 Å². The summed E-state index contributed by atoms with van der Waals surface area (Å²) < 4.78 is 18.5. The van der Waals surface area contributed by atoms with E-state index in [1.54, 1.807) is 12.1 Å².